The lowest BCUT2D eigenvalue weighted by atomic mass is 9.92. The Kier molecular flexibility index (Phi) is 3.10. The third kappa shape index (κ3) is 2.54. The van der Waals surface area contributed by atoms with Crippen LogP contribution in [0.3, 0.4) is 0 Å². The van der Waals surface area contributed by atoms with Crippen molar-refractivity contribution in [3.8, 4) is 0 Å². The number of benzene rings is 1. The molecular weight excluding hydrogens is 308 g/mol. The Hall–Kier alpha value is -0.610. The zero-order valence-corrected chi connectivity index (χ0v) is 13.1. The molecular formula is C14H17BrN2S. The van der Waals surface area contributed by atoms with Gasteiger partial charge in [0.25, 0.3) is 0 Å². The van der Waals surface area contributed by atoms with E-state index in [1.54, 1.807) is 11.3 Å². The summed E-state index contributed by atoms with van der Waals surface area (Å²) in [7, 11) is 0. The number of anilines is 1. The fraction of sp³-hybridized carbons (Fsp3) is 0.500. The maximum Gasteiger partial charge on any atom is 0.184 e. The normalized spacial score (nSPS) is 22.5. The topological polar surface area (TPSA) is 24.9 Å². The zero-order chi connectivity index (χ0) is 12.8. The van der Waals surface area contributed by atoms with E-state index >= 15 is 0 Å². The van der Waals surface area contributed by atoms with Crippen molar-refractivity contribution in [3.63, 3.8) is 0 Å². The summed E-state index contributed by atoms with van der Waals surface area (Å²) in [6.07, 6.45) is 3.81. The van der Waals surface area contributed by atoms with Crippen LogP contribution in [0.5, 0.6) is 0 Å². The Morgan fingerprint density at radius 1 is 1.44 bits per heavy atom. The van der Waals surface area contributed by atoms with Gasteiger partial charge in [0.15, 0.2) is 5.13 Å². The lowest BCUT2D eigenvalue weighted by molar-refractivity contribution is 0.378. The molecule has 0 saturated heterocycles. The molecule has 0 spiro atoms. The third-order valence-corrected chi connectivity index (χ3v) is 5.11. The summed E-state index contributed by atoms with van der Waals surface area (Å²) in [4.78, 5) is 4.66. The smallest absolute Gasteiger partial charge is 0.184 e. The maximum atomic E-state index is 4.66. The number of rotatable bonds is 2. The van der Waals surface area contributed by atoms with Crippen molar-refractivity contribution in [3.05, 3.63) is 22.7 Å². The summed E-state index contributed by atoms with van der Waals surface area (Å²) >= 11 is 5.24. The standard InChI is InChI=1S/C14H17BrN2S/c1-14(2)6-5-10(8-14)16-13-17-11-7-9(15)3-4-12(11)18-13/h3-4,7,10H,5-6,8H2,1-2H3,(H,16,17). The molecule has 1 fully saturated rings. The third-order valence-electron chi connectivity index (χ3n) is 3.65. The van der Waals surface area contributed by atoms with Crippen molar-refractivity contribution in [2.45, 2.75) is 39.2 Å². The first kappa shape index (κ1) is 12.4. The van der Waals surface area contributed by atoms with Crippen molar-refractivity contribution < 1.29 is 0 Å². The minimum absolute atomic E-state index is 0.484. The maximum absolute atomic E-state index is 4.66. The van der Waals surface area contributed by atoms with Crippen LogP contribution in [0.4, 0.5) is 5.13 Å². The van der Waals surface area contributed by atoms with Gasteiger partial charge in [0.1, 0.15) is 0 Å². The first-order chi connectivity index (χ1) is 8.52. The molecule has 18 heavy (non-hydrogen) atoms. The van der Waals surface area contributed by atoms with E-state index in [1.807, 2.05) is 0 Å². The Bertz CT molecular complexity index is 576. The van der Waals surface area contributed by atoms with E-state index in [2.05, 4.69) is 58.3 Å². The lowest BCUT2D eigenvalue weighted by Gasteiger charge is -2.17. The van der Waals surface area contributed by atoms with Crippen LogP contribution in [0, 0.1) is 5.41 Å². The van der Waals surface area contributed by atoms with Gasteiger partial charge in [-0.2, -0.15) is 0 Å². The largest absolute Gasteiger partial charge is 0.359 e. The molecule has 0 radical (unpaired) electrons. The minimum atomic E-state index is 0.484. The number of fused-ring (bicyclic) bond motifs is 1. The van der Waals surface area contributed by atoms with E-state index in [-0.39, 0.29) is 0 Å². The van der Waals surface area contributed by atoms with Gasteiger partial charge in [-0.25, -0.2) is 4.98 Å². The number of hydrogen-bond acceptors (Lipinski definition) is 3. The van der Waals surface area contributed by atoms with Gasteiger partial charge >= 0.3 is 0 Å². The summed E-state index contributed by atoms with van der Waals surface area (Å²) in [6, 6.07) is 6.86. The quantitative estimate of drug-likeness (QED) is 0.836. The number of halogens is 1. The summed E-state index contributed by atoms with van der Waals surface area (Å²) < 4.78 is 2.34. The van der Waals surface area contributed by atoms with E-state index in [0.29, 0.717) is 11.5 Å². The van der Waals surface area contributed by atoms with Crippen molar-refractivity contribution in [1.82, 2.24) is 4.98 Å². The predicted octanol–water partition coefficient (Wildman–Crippen LogP) is 5.05. The summed E-state index contributed by atoms with van der Waals surface area (Å²) in [5.41, 5.74) is 1.56. The molecule has 1 aliphatic carbocycles. The first-order valence-corrected chi connectivity index (χ1v) is 7.95. The van der Waals surface area contributed by atoms with E-state index in [4.69, 9.17) is 0 Å². The predicted molar refractivity (Wildman–Crippen MR) is 82.4 cm³/mol. The molecule has 1 aliphatic rings. The average molecular weight is 325 g/mol. The number of nitrogens with zero attached hydrogens (tertiary/aromatic N) is 1. The van der Waals surface area contributed by atoms with Crippen molar-refractivity contribution >= 4 is 42.6 Å². The molecule has 96 valence electrons. The second-order valence-electron chi connectivity index (χ2n) is 5.88. The first-order valence-electron chi connectivity index (χ1n) is 6.34. The van der Waals surface area contributed by atoms with Crippen LogP contribution in [0.1, 0.15) is 33.1 Å². The number of thiazole rings is 1. The summed E-state index contributed by atoms with van der Waals surface area (Å²) in [5, 5.41) is 4.66. The minimum Gasteiger partial charge on any atom is -0.359 e. The van der Waals surface area contributed by atoms with Crippen LogP contribution in [-0.2, 0) is 0 Å². The number of hydrogen-bond donors (Lipinski definition) is 1. The van der Waals surface area contributed by atoms with Crippen molar-refractivity contribution in [1.29, 1.82) is 0 Å². The molecule has 1 N–H and O–H groups in total. The molecule has 1 heterocycles. The SMILES string of the molecule is CC1(C)CCC(Nc2nc3cc(Br)ccc3s2)C1. The molecule has 1 atom stereocenters. The molecule has 0 amide bonds. The highest BCUT2D eigenvalue weighted by Gasteiger charge is 2.31. The number of nitrogens with one attached hydrogen (secondary N) is 1. The second-order valence-corrected chi connectivity index (χ2v) is 7.83. The lowest BCUT2D eigenvalue weighted by Crippen LogP contribution is -2.17. The van der Waals surface area contributed by atoms with E-state index in [0.717, 1.165) is 15.1 Å². The molecule has 4 heteroatoms. The fourth-order valence-corrected chi connectivity index (χ4v) is 3.97. The molecule has 3 rings (SSSR count). The molecule has 0 aliphatic heterocycles. The summed E-state index contributed by atoms with van der Waals surface area (Å²) in [5.74, 6) is 0. The summed E-state index contributed by atoms with van der Waals surface area (Å²) in [6.45, 7) is 4.70. The van der Waals surface area contributed by atoms with Crippen molar-refractivity contribution in [2.75, 3.05) is 5.32 Å². The van der Waals surface area contributed by atoms with Gasteiger partial charge in [-0.05, 0) is 42.9 Å². The highest BCUT2D eigenvalue weighted by Crippen LogP contribution is 2.39. The van der Waals surface area contributed by atoms with Gasteiger partial charge < -0.3 is 5.32 Å². The fourth-order valence-electron chi connectivity index (χ4n) is 2.70. The van der Waals surface area contributed by atoms with Crippen LogP contribution in [0.25, 0.3) is 10.2 Å². The molecule has 1 saturated carbocycles. The van der Waals surface area contributed by atoms with E-state index in [1.165, 1.54) is 24.0 Å². The number of aromatic nitrogens is 1. The van der Waals surface area contributed by atoms with E-state index in [9.17, 15) is 0 Å². The highest BCUT2D eigenvalue weighted by atomic mass is 79.9. The molecule has 1 unspecified atom stereocenters. The molecule has 1 aromatic carbocycles. The average Bonchev–Trinajstić information content (AvgIpc) is 2.81. The van der Waals surface area contributed by atoms with Crippen molar-refractivity contribution in [2.24, 2.45) is 5.41 Å². The van der Waals surface area contributed by atoms with Gasteiger partial charge in [0, 0.05) is 10.5 Å². The zero-order valence-electron chi connectivity index (χ0n) is 10.7. The van der Waals surface area contributed by atoms with Crippen LogP contribution in [0.15, 0.2) is 22.7 Å². The molecule has 2 aromatic rings. The van der Waals surface area contributed by atoms with Crippen LogP contribution < -0.4 is 5.32 Å². The van der Waals surface area contributed by atoms with E-state index < -0.39 is 0 Å². The van der Waals surface area contributed by atoms with Gasteiger partial charge in [-0.3, -0.25) is 0 Å². The van der Waals surface area contributed by atoms with Crippen LogP contribution in [0.2, 0.25) is 0 Å². The monoisotopic (exact) mass is 324 g/mol. The Morgan fingerprint density at radius 3 is 3.00 bits per heavy atom. The second kappa shape index (κ2) is 4.49. The van der Waals surface area contributed by atoms with Gasteiger partial charge in [0.2, 0.25) is 0 Å². The Balaban J connectivity index is 1.79. The molecule has 2 nitrogen and oxygen atoms in total. The van der Waals surface area contributed by atoms with Crippen LogP contribution in [-0.4, -0.2) is 11.0 Å². The van der Waals surface area contributed by atoms with Gasteiger partial charge in [-0.1, -0.05) is 41.1 Å². The van der Waals surface area contributed by atoms with Crippen LogP contribution >= 0.6 is 27.3 Å². The van der Waals surface area contributed by atoms with Gasteiger partial charge in [-0.15, -0.1) is 0 Å². The highest BCUT2D eigenvalue weighted by molar-refractivity contribution is 9.10. The Labute approximate surface area is 120 Å². The Morgan fingerprint density at radius 2 is 2.28 bits per heavy atom. The molecule has 0 bridgehead atoms. The molecule has 1 aromatic heterocycles. The van der Waals surface area contributed by atoms with Gasteiger partial charge in [0.05, 0.1) is 10.2 Å².